The number of benzene rings is 1. The van der Waals surface area contributed by atoms with E-state index < -0.39 is 0 Å². The van der Waals surface area contributed by atoms with Gasteiger partial charge in [0.15, 0.2) is 11.5 Å². The van der Waals surface area contributed by atoms with E-state index in [0.29, 0.717) is 41.8 Å². The van der Waals surface area contributed by atoms with Crippen LogP contribution >= 0.6 is 11.3 Å². The molecule has 0 aliphatic heterocycles. The van der Waals surface area contributed by atoms with Crippen molar-refractivity contribution in [3.63, 3.8) is 0 Å². The fourth-order valence-corrected chi connectivity index (χ4v) is 3.94. The van der Waals surface area contributed by atoms with Crippen molar-refractivity contribution in [2.75, 3.05) is 39.8 Å². The molecule has 2 aromatic heterocycles. The fourth-order valence-electron chi connectivity index (χ4n) is 2.94. The molecule has 3 aromatic rings. The zero-order valence-electron chi connectivity index (χ0n) is 16.3. The monoisotopic (exact) mass is 398 g/mol. The second kappa shape index (κ2) is 8.87. The Morgan fingerprint density at radius 3 is 2.61 bits per heavy atom. The highest BCUT2D eigenvalue weighted by Gasteiger charge is 2.17. The van der Waals surface area contributed by atoms with Crippen LogP contribution in [0, 0.1) is 18.3 Å². The molecule has 0 saturated carbocycles. The molecule has 0 atom stereocenters. The van der Waals surface area contributed by atoms with E-state index in [2.05, 4.69) is 11.4 Å². The van der Waals surface area contributed by atoms with E-state index in [0.717, 1.165) is 27.2 Å². The number of fused-ring (bicyclic) bond motifs is 1. The lowest BCUT2D eigenvalue weighted by atomic mass is 10.1. The van der Waals surface area contributed by atoms with Gasteiger partial charge in [-0.3, -0.25) is 0 Å². The van der Waals surface area contributed by atoms with Crippen LogP contribution in [0.1, 0.15) is 21.8 Å². The summed E-state index contributed by atoms with van der Waals surface area (Å²) >= 11 is 1.39. The van der Waals surface area contributed by atoms with Crippen LogP contribution in [0.15, 0.2) is 18.2 Å². The molecular formula is C20H22N4O3S. The molecule has 1 N–H and O–H groups in total. The molecule has 0 bridgehead atoms. The summed E-state index contributed by atoms with van der Waals surface area (Å²) in [5, 5.41) is 13.6. The SMILES string of the molecule is COCCNc1nc(Cc2ccc(OC)c(OC)c2)nc2sc(C#N)c(C)c12. The molecule has 0 radical (unpaired) electrons. The first-order valence-corrected chi connectivity index (χ1v) is 9.56. The molecule has 0 fully saturated rings. The molecule has 0 unspecified atom stereocenters. The summed E-state index contributed by atoms with van der Waals surface area (Å²) in [6, 6.07) is 8.00. The summed E-state index contributed by atoms with van der Waals surface area (Å²) < 4.78 is 15.8. The van der Waals surface area contributed by atoms with Crippen molar-refractivity contribution in [3.8, 4) is 17.6 Å². The predicted octanol–water partition coefficient (Wildman–Crippen LogP) is 3.54. The van der Waals surface area contributed by atoms with E-state index in [-0.39, 0.29) is 0 Å². The minimum Gasteiger partial charge on any atom is -0.493 e. The van der Waals surface area contributed by atoms with Gasteiger partial charge in [-0.15, -0.1) is 11.3 Å². The number of methoxy groups -OCH3 is 3. The fraction of sp³-hybridized carbons (Fsp3) is 0.350. The average molecular weight is 398 g/mol. The first-order valence-electron chi connectivity index (χ1n) is 8.75. The van der Waals surface area contributed by atoms with Gasteiger partial charge in [-0.05, 0) is 30.2 Å². The van der Waals surface area contributed by atoms with E-state index in [4.69, 9.17) is 24.2 Å². The third kappa shape index (κ3) is 4.01. The van der Waals surface area contributed by atoms with Gasteiger partial charge in [0.05, 0.1) is 26.2 Å². The number of rotatable bonds is 8. The van der Waals surface area contributed by atoms with Crippen LogP contribution in [-0.2, 0) is 11.2 Å². The van der Waals surface area contributed by atoms with Crippen molar-refractivity contribution in [1.82, 2.24) is 9.97 Å². The van der Waals surface area contributed by atoms with Gasteiger partial charge >= 0.3 is 0 Å². The number of ether oxygens (including phenoxy) is 3. The molecular weight excluding hydrogens is 376 g/mol. The molecule has 1 aromatic carbocycles. The maximum atomic E-state index is 9.38. The molecule has 28 heavy (non-hydrogen) atoms. The highest BCUT2D eigenvalue weighted by Crippen LogP contribution is 2.34. The maximum Gasteiger partial charge on any atom is 0.161 e. The summed E-state index contributed by atoms with van der Waals surface area (Å²) in [5.74, 6) is 2.74. The third-order valence-corrected chi connectivity index (χ3v) is 5.44. The first kappa shape index (κ1) is 19.9. The quantitative estimate of drug-likeness (QED) is 0.581. The second-order valence-electron chi connectivity index (χ2n) is 6.12. The Bertz CT molecular complexity index is 1030. The Kier molecular flexibility index (Phi) is 6.29. The molecule has 7 nitrogen and oxygen atoms in total. The van der Waals surface area contributed by atoms with Crippen LogP contribution in [-0.4, -0.2) is 44.4 Å². The number of hydrogen-bond donors (Lipinski definition) is 1. The predicted molar refractivity (Wildman–Crippen MR) is 110 cm³/mol. The van der Waals surface area contributed by atoms with Gasteiger partial charge in [0.2, 0.25) is 0 Å². The highest BCUT2D eigenvalue weighted by molar-refractivity contribution is 7.19. The van der Waals surface area contributed by atoms with Crippen molar-refractivity contribution in [2.45, 2.75) is 13.3 Å². The van der Waals surface area contributed by atoms with E-state index in [1.165, 1.54) is 11.3 Å². The smallest absolute Gasteiger partial charge is 0.161 e. The topological polar surface area (TPSA) is 89.3 Å². The number of nitrogens with zero attached hydrogens (tertiary/aromatic N) is 3. The maximum absolute atomic E-state index is 9.38. The molecule has 146 valence electrons. The Morgan fingerprint density at radius 1 is 1.14 bits per heavy atom. The number of nitriles is 1. The van der Waals surface area contributed by atoms with Gasteiger partial charge in [0, 0.05) is 20.1 Å². The van der Waals surface area contributed by atoms with Crippen LogP contribution in [0.5, 0.6) is 11.5 Å². The van der Waals surface area contributed by atoms with E-state index in [9.17, 15) is 5.26 Å². The minimum absolute atomic E-state index is 0.536. The molecule has 0 spiro atoms. The summed E-state index contributed by atoms with van der Waals surface area (Å²) in [6.45, 7) is 3.11. The minimum atomic E-state index is 0.536. The molecule has 0 saturated heterocycles. The Balaban J connectivity index is 2.00. The Hall–Kier alpha value is -2.89. The number of anilines is 1. The van der Waals surface area contributed by atoms with Gasteiger partial charge in [0.25, 0.3) is 0 Å². The van der Waals surface area contributed by atoms with Crippen molar-refractivity contribution >= 4 is 27.4 Å². The largest absolute Gasteiger partial charge is 0.493 e. The molecule has 2 heterocycles. The molecule has 8 heteroatoms. The number of aryl methyl sites for hydroxylation is 1. The highest BCUT2D eigenvalue weighted by atomic mass is 32.1. The lowest BCUT2D eigenvalue weighted by Gasteiger charge is -2.11. The van der Waals surface area contributed by atoms with Crippen molar-refractivity contribution in [3.05, 3.63) is 40.0 Å². The van der Waals surface area contributed by atoms with Crippen LogP contribution in [0.2, 0.25) is 0 Å². The third-order valence-electron chi connectivity index (χ3n) is 4.35. The Labute approximate surface area is 167 Å². The number of aromatic nitrogens is 2. The first-order chi connectivity index (χ1) is 13.6. The lowest BCUT2D eigenvalue weighted by molar-refractivity contribution is 0.210. The summed E-state index contributed by atoms with van der Waals surface area (Å²) in [5.41, 5.74) is 1.91. The van der Waals surface area contributed by atoms with Crippen LogP contribution in [0.3, 0.4) is 0 Å². The summed E-state index contributed by atoms with van der Waals surface area (Å²) in [7, 11) is 4.88. The van der Waals surface area contributed by atoms with Gasteiger partial charge in [-0.2, -0.15) is 5.26 Å². The van der Waals surface area contributed by atoms with Crippen molar-refractivity contribution in [1.29, 1.82) is 5.26 Å². The normalized spacial score (nSPS) is 10.7. The number of thiophene rings is 1. The van der Waals surface area contributed by atoms with Crippen LogP contribution in [0.25, 0.3) is 10.2 Å². The van der Waals surface area contributed by atoms with Crippen LogP contribution in [0.4, 0.5) is 5.82 Å². The van der Waals surface area contributed by atoms with Gasteiger partial charge in [-0.25, -0.2) is 9.97 Å². The van der Waals surface area contributed by atoms with Gasteiger partial charge in [-0.1, -0.05) is 6.07 Å². The lowest BCUT2D eigenvalue weighted by Crippen LogP contribution is -2.11. The molecule has 3 rings (SSSR count). The molecule has 0 amide bonds. The number of hydrogen-bond acceptors (Lipinski definition) is 8. The number of nitrogens with one attached hydrogen (secondary N) is 1. The zero-order chi connectivity index (χ0) is 20.1. The Morgan fingerprint density at radius 2 is 1.93 bits per heavy atom. The van der Waals surface area contributed by atoms with E-state index in [1.807, 2.05) is 25.1 Å². The average Bonchev–Trinajstić information content (AvgIpc) is 3.03. The van der Waals surface area contributed by atoms with Crippen molar-refractivity contribution < 1.29 is 14.2 Å². The van der Waals surface area contributed by atoms with E-state index in [1.54, 1.807) is 21.3 Å². The summed E-state index contributed by atoms with van der Waals surface area (Å²) in [4.78, 5) is 10.9. The summed E-state index contributed by atoms with van der Waals surface area (Å²) in [6.07, 6.45) is 0.536. The molecule has 0 aliphatic rings. The van der Waals surface area contributed by atoms with Gasteiger partial charge < -0.3 is 19.5 Å². The van der Waals surface area contributed by atoms with Crippen LogP contribution < -0.4 is 14.8 Å². The standard InChI is InChI=1S/C20H22N4O3S/c1-12-16(11-21)28-20-18(12)19(22-7-8-25-2)23-17(24-20)10-13-5-6-14(26-3)15(9-13)27-4/h5-6,9H,7-8,10H2,1-4H3,(H,22,23,24). The van der Waals surface area contributed by atoms with E-state index >= 15 is 0 Å². The molecule has 0 aliphatic carbocycles. The van der Waals surface area contributed by atoms with Crippen molar-refractivity contribution in [2.24, 2.45) is 0 Å². The van der Waals surface area contributed by atoms with Gasteiger partial charge in [0.1, 0.15) is 27.4 Å². The second-order valence-corrected chi connectivity index (χ2v) is 7.12. The zero-order valence-corrected chi connectivity index (χ0v) is 17.1.